The third-order valence-electron chi connectivity index (χ3n) is 4.57. The van der Waals surface area contributed by atoms with Crippen molar-refractivity contribution in [2.24, 2.45) is 0 Å². The number of unbranched alkanes of at least 4 members (excludes halogenated alkanes) is 1. The van der Waals surface area contributed by atoms with Gasteiger partial charge in [0, 0.05) is 13.0 Å². The van der Waals surface area contributed by atoms with E-state index in [9.17, 15) is 9.59 Å². The van der Waals surface area contributed by atoms with E-state index in [0.29, 0.717) is 19.4 Å². The first-order valence-corrected chi connectivity index (χ1v) is 8.12. The molecule has 0 aromatic heterocycles. The molecular weight excluding hydrogens is 278 g/mol. The van der Waals surface area contributed by atoms with E-state index in [-0.39, 0.29) is 12.3 Å². The molecular formula is C18H25NO3. The minimum Gasteiger partial charge on any atom is -0.481 e. The fourth-order valence-electron chi connectivity index (χ4n) is 3.34. The quantitative estimate of drug-likeness (QED) is 0.760. The Kier molecular flexibility index (Phi) is 5.58. The van der Waals surface area contributed by atoms with Gasteiger partial charge in [-0.2, -0.15) is 0 Å². The Morgan fingerprint density at radius 3 is 2.59 bits per heavy atom. The second-order valence-electron chi connectivity index (χ2n) is 6.27. The Hall–Kier alpha value is -1.84. The van der Waals surface area contributed by atoms with Crippen LogP contribution in [0.4, 0.5) is 0 Å². The van der Waals surface area contributed by atoms with Gasteiger partial charge in [-0.15, -0.1) is 0 Å². The first kappa shape index (κ1) is 16.5. The molecule has 1 saturated carbocycles. The number of aryl methyl sites for hydroxylation is 1. The molecule has 1 aliphatic rings. The number of carbonyl (C=O) groups excluding carboxylic acids is 1. The van der Waals surface area contributed by atoms with E-state index in [1.54, 1.807) is 0 Å². The van der Waals surface area contributed by atoms with Gasteiger partial charge in [0.05, 0.1) is 5.41 Å². The largest absolute Gasteiger partial charge is 0.481 e. The van der Waals surface area contributed by atoms with Crippen molar-refractivity contribution in [1.29, 1.82) is 0 Å². The molecule has 0 heterocycles. The van der Waals surface area contributed by atoms with Gasteiger partial charge in [0.1, 0.15) is 0 Å². The number of carboxylic acid groups (broad SMARTS) is 1. The van der Waals surface area contributed by atoms with Crippen LogP contribution in [0.15, 0.2) is 24.3 Å². The van der Waals surface area contributed by atoms with Gasteiger partial charge in [0.25, 0.3) is 0 Å². The molecule has 0 atom stereocenters. The minimum absolute atomic E-state index is 0.103. The van der Waals surface area contributed by atoms with Crippen LogP contribution >= 0.6 is 0 Å². The van der Waals surface area contributed by atoms with Crippen LogP contribution in [0.25, 0.3) is 0 Å². The second kappa shape index (κ2) is 7.43. The average molecular weight is 303 g/mol. The van der Waals surface area contributed by atoms with E-state index in [4.69, 9.17) is 5.11 Å². The van der Waals surface area contributed by atoms with Gasteiger partial charge in [-0.1, -0.05) is 42.7 Å². The summed E-state index contributed by atoms with van der Waals surface area (Å²) in [6, 6.07) is 8.25. The number of carbonyl (C=O) groups is 2. The van der Waals surface area contributed by atoms with Gasteiger partial charge >= 0.3 is 5.97 Å². The van der Waals surface area contributed by atoms with Crippen molar-refractivity contribution in [3.05, 3.63) is 35.4 Å². The summed E-state index contributed by atoms with van der Waals surface area (Å²) < 4.78 is 0. The molecule has 1 aromatic carbocycles. The SMILES string of the molecule is Cc1cccc(C2(C(=O)NCCCCC(=O)O)CCCC2)c1. The van der Waals surface area contributed by atoms with Gasteiger partial charge in [-0.25, -0.2) is 0 Å². The number of carboxylic acids is 1. The lowest BCUT2D eigenvalue weighted by molar-refractivity contribution is -0.137. The zero-order valence-corrected chi connectivity index (χ0v) is 13.2. The van der Waals surface area contributed by atoms with Crippen molar-refractivity contribution in [3.8, 4) is 0 Å². The molecule has 0 aliphatic heterocycles. The van der Waals surface area contributed by atoms with Gasteiger partial charge in [-0.05, 0) is 38.2 Å². The summed E-state index contributed by atoms with van der Waals surface area (Å²) in [6.07, 6.45) is 5.45. The first-order valence-electron chi connectivity index (χ1n) is 8.12. The number of hydrogen-bond acceptors (Lipinski definition) is 2. The Morgan fingerprint density at radius 1 is 1.23 bits per heavy atom. The van der Waals surface area contributed by atoms with Crippen molar-refractivity contribution in [2.45, 2.75) is 57.3 Å². The van der Waals surface area contributed by atoms with Crippen LogP contribution in [-0.4, -0.2) is 23.5 Å². The highest BCUT2D eigenvalue weighted by Crippen LogP contribution is 2.41. The van der Waals surface area contributed by atoms with Crippen LogP contribution in [0.5, 0.6) is 0 Å². The molecule has 22 heavy (non-hydrogen) atoms. The number of benzene rings is 1. The van der Waals surface area contributed by atoms with Crippen molar-refractivity contribution >= 4 is 11.9 Å². The third-order valence-corrected chi connectivity index (χ3v) is 4.57. The van der Waals surface area contributed by atoms with Crippen LogP contribution in [0.3, 0.4) is 0 Å². The standard InChI is InChI=1S/C18H25NO3/c1-14-7-6-8-15(13-14)18(10-3-4-11-18)17(22)19-12-5-2-9-16(20)21/h6-8,13H,2-5,9-12H2,1H3,(H,19,22)(H,20,21). The summed E-state index contributed by atoms with van der Waals surface area (Å²) in [5.41, 5.74) is 1.91. The van der Waals surface area contributed by atoms with Crippen LogP contribution in [0, 0.1) is 6.92 Å². The van der Waals surface area contributed by atoms with Gasteiger partial charge < -0.3 is 10.4 Å². The summed E-state index contributed by atoms with van der Waals surface area (Å²) >= 11 is 0. The minimum atomic E-state index is -0.779. The number of aliphatic carboxylic acids is 1. The van der Waals surface area contributed by atoms with Crippen LogP contribution in [0.2, 0.25) is 0 Å². The zero-order chi connectivity index (χ0) is 16.0. The maximum atomic E-state index is 12.7. The van der Waals surface area contributed by atoms with E-state index < -0.39 is 11.4 Å². The summed E-state index contributed by atoms with van der Waals surface area (Å²) in [4.78, 5) is 23.2. The smallest absolute Gasteiger partial charge is 0.303 e. The average Bonchev–Trinajstić information content (AvgIpc) is 2.97. The van der Waals surface area contributed by atoms with Crippen LogP contribution in [0.1, 0.15) is 56.1 Å². The van der Waals surface area contributed by atoms with E-state index in [1.165, 1.54) is 5.56 Å². The van der Waals surface area contributed by atoms with Crippen molar-refractivity contribution < 1.29 is 14.7 Å². The summed E-state index contributed by atoms with van der Waals surface area (Å²) in [7, 11) is 0. The molecule has 4 nitrogen and oxygen atoms in total. The van der Waals surface area contributed by atoms with Crippen LogP contribution < -0.4 is 5.32 Å². The molecule has 0 spiro atoms. The van der Waals surface area contributed by atoms with Crippen molar-refractivity contribution in [1.82, 2.24) is 5.32 Å². The Labute approximate surface area is 131 Å². The molecule has 0 radical (unpaired) electrons. The summed E-state index contributed by atoms with van der Waals surface area (Å²) in [5.74, 6) is -0.677. The van der Waals surface area contributed by atoms with Crippen LogP contribution in [-0.2, 0) is 15.0 Å². The molecule has 120 valence electrons. The maximum absolute atomic E-state index is 12.7. The summed E-state index contributed by atoms with van der Waals surface area (Å²) in [5, 5.41) is 11.6. The van der Waals surface area contributed by atoms with Crippen molar-refractivity contribution in [3.63, 3.8) is 0 Å². The predicted octanol–water partition coefficient (Wildman–Crippen LogP) is 3.18. The van der Waals surface area contributed by atoms with E-state index in [1.807, 2.05) is 6.07 Å². The van der Waals surface area contributed by atoms with E-state index >= 15 is 0 Å². The lowest BCUT2D eigenvalue weighted by Crippen LogP contribution is -2.43. The zero-order valence-electron chi connectivity index (χ0n) is 13.2. The molecule has 1 aromatic rings. The normalized spacial score (nSPS) is 16.4. The molecule has 2 N–H and O–H groups in total. The predicted molar refractivity (Wildman–Crippen MR) is 85.8 cm³/mol. The molecule has 4 heteroatoms. The van der Waals surface area contributed by atoms with Gasteiger partial charge in [0.15, 0.2) is 0 Å². The third kappa shape index (κ3) is 3.87. The fourth-order valence-corrected chi connectivity index (χ4v) is 3.34. The second-order valence-corrected chi connectivity index (χ2v) is 6.27. The Morgan fingerprint density at radius 2 is 1.95 bits per heavy atom. The van der Waals surface area contributed by atoms with Gasteiger partial charge in [-0.3, -0.25) is 9.59 Å². The highest BCUT2D eigenvalue weighted by molar-refractivity contribution is 5.88. The number of rotatable bonds is 7. The molecule has 1 aliphatic carbocycles. The lowest BCUT2D eigenvalue weighted by Gasteiger charge is -2.28. The highest BCUT2D eigenvalue weighted by atomic mass is 16.4. The fraction of sp³-hybridized carbons (Fsp3) is 0.556. The molecule has 1 amide bonds. The Bertz CT molecular complexity index is 533. The van der Waals surface area contributed by atoms with E-state index in [2.05, 4.69) is 30.4 Å². The topological polar surface area (TPSA) is 66.4 Å². The number of nitrogens with one attached hydrogen (secondary N) is 1. The molecule has 1 fully saturated rings. The summed E-state index contributed by atoms with van der Waals surface area (Å²) in [6.45, 7) is 2.61. The maximum Gasteiger partial charge on any atom is 0.303 e. The molecule has 2 rings (SSSR count). The Balaban J connectivity index is 1.98. The lowest BCUT2D eigenvalue weighted by atomic mass is 9.77. The first-order chi connectivity index (χ1) is 10.5. The van der Waals surface area contributed by atoms with Gasteiger partial charge in [0.2, 0.25) is 5.91 Å². The van der Waals surface area contributed by atoms with E-state index in [0.717, 1.165) is 31.2 Å². The highest BCUT2D eigenvalue weighted by Gasteiger charge is 2.42. The monoisotopic (exact) mass is 303 g/mol. The molecule has 0 bridgehead atoms. The number of amides is 1. The molecule has 0 saturated heterocycles. The van der Waals surface area contributed by atoms with Crippen molar-refractivity contribution in [2.75, 3.05) is 6.54 Å². The number of hydrogen-bond donors (Lipinski definition) is 2. The molecule has 0 unspecified atom stereocenters.